The van der Waals surface area contributed by atoms with Crippen LogP contribution in [0.1, 0.15) is 29.8 Å². The molecule has 1 amide bonds. The second-order valence-corrected chi connectivity index (χ2v) is 4.85. The first-order valence-corrected chi connectivity index (χ1v) is 5.55. The van der Waals surface area contributed by atoms with Crippen LogP contribution in [0.15, 0.2) is 18.2 Å². The van der Waals surface area contributed by atoms with Crippen LogP contribution < -0.4 is 15.8 Å². The van der Waals surface area contributed by atoms with Crippen molar-refractivity contribution in [3.8, 4) is 5.75 Å². The van der Waals surface area contributed by atoms with Crippen LogP contribution in [0.2, 0.25) is 0 Å². The van der Waals surface area contributed by atoms with Gasteiger partial charge in [0.25, 0.3) is 5.91 Å². The van der Waals surface area contributed by atoms with E-state index in [0.29, 0.717) is 12.1 Å². The highest BCUT2D eigenvalue weighted by Crippen LogP contribution is 2.16. The van der Waals surface area contributed by atoms with Crippen LogP contribution >= 0.6 is 0 Å². The van der Waals surface area contributed by atoms with Crippen LogP contribution in [0.4, 0.5) is 0 Å². The number of ether oxygens (including phenoxy) is 1. The van der Waals surface area contributed by atoms with Gasteiger partial charge in [0, 0.05) is 17.6 Å². The molecular formula is C13H20N2O2. The van der Waals surface area contributed by atoms with Crippen LogP contribution in [0.5, 0.6) is 5.75 Å². The Morgan fingerprint density at radius 2 is 2.12 bits per heavy atom. The van der Waals surface area contributed by atoms with Crippen LogP contribution in [0, 0.1) is 6.92 Å². The fourth-order valence-corrected chi connectivity index (χ4v) is 1.42. The van der Waals surface area contributed by atoms with Gasteiger partial charge in [-0.1, -0.05) is 0 Å². The molecule has 0 fully saturated rings. The van der Waals surface area contributed by atoms with E-state index in [2.05, 4.69) is 5.32 Å². The maximum atomic E-state index is 11.9. The second-order valence-electron chi connectivity index (χ2n) is 4.85. The lowest BCUT2D eigenvalue weighted by Gasteiger charge is -2.19. The maximum absolute atomic E-state index is 11.9. The van der Waals surface area contributed by atoms with Crippen molar-refractivity contribution in [1.82, 2.24) is 5.32 Å². The Morgan fingerprint density at radius 1 is 1.47 bits per heavy atom. The zero-order chi connectivity index (χ0) is 13.1. The monoisotopic (exact) mass is 236 g/mol. The Labute approximate surface area is 102 Å². The molecule has 4 heteroatoms. The molecule has 1 aromatic rings. The number of nitrogens with one attached hydrogen (secondary N) is 1. The van der Waals surface area contributed by atoms with E-state index in [9.17, 15) is 4.79 Å². The molecule has 1 rings (SSSR count). The molecular weight excluding hydrogens is 216 g/mol. The van der Waals surface area contributed by atoms with Crippen molar-refractivity contribution in [2.24, 2.45) is 5.73 Å². The number of carbonyl (C=O) groups is 1. The van der Waals surface area contributed by atoms with Crippen LogP contribution in [-0.4, -0.2) is 25.1 Å². The van der Waals surface area contributed by atoms with E-state index in [1.54, 1.807) is 19.2 Å². The maximum Gasteiger partial charge on any atom is 0.251 e. The number of hydrogen-bond acceptors (Lipinski definition) is 3. The molecule has 0 unspecified atom stereocenters. The van der Waals surface area contributed by atoms with Crippen LogP contribution in [-0.2, 0) is 0 Å². The summed E-state index contributed by atoms with van der Waals surface area (Å²) in [7, 11) is 1.60. The number of methoxy groups -OCH3 is 1. The third-order valence-corrected chi connectivity index (χ3v) is 2.38. The molecule has 0 spiro atoms. The van der Waals surface area contributed by atoms with Gasteiger partial charge < -0.3 is 15.8 Å². The summed E-state index contributed by atoms with van der Waals surface area (Å²) in [5.74, 6) is 0.641. The van der Waals surface area contributed by atoms with Gasteiger partial charge >= 0.3 is 0 Å². The Hall–Kier alpha value is -1.55. The summed E-state index contributed by atoms with van der Waals surface area (Å²) in [5, 5.41) is 2.81. The third-order valence-electron chi connectivity index (χ3n) is 2.38. The summed E-state index contributed by atoms with van der Waals surface area (Å²) in [5.41, 5.74) is 6.94. The van der Waals surface area contributed by atoms with Crippen molar-refractivity contribution in [3.63, 3.8) is 0 Å². The van der Waals surface area contributed by atoms with Gasteiger partial charge in [0.05, 0.1) is 7.11 Å². The Kier molecular flexibility index (Phi) is 4.12. The molecule has 0 bridgehead atoms. The lowest BCUT2D eigenvalue weighted by Crippen LogP contribution is -2.45. The average Bonchev–Trinajstić information content (AvgIpc) is 2.24. The first-order valence-electron chi connectivity index (χ1n) is 5.55. The van der Waals surface area contributed by atoms with E-state index in [1.807, 2.05) is 26.8 Å². The number of nitrogens with two attached hydrogens (primary N) is 1. The summed E-state index contributed by atoms with van der Waals surface area (Å²) >= 11 is 0. The summed E-state index contributed by atoms with van der Waals surface area (Å²) in [4.78, 5) is 11.9. The quantitative estimate of drug-likeness (QED) is 0.832. The summed E-state index contributed by atoms with van der Waals surface area (Å²) < 4.78 is 5.09. The van der Waals surface area contributed by atoms with Crippen molar-refractivity contribution < 1.29 is 9.53 Å². The zero-order valence-electron chi connectivity index (χ0n) is 10.8. The number of carbonyl (C=O) groups excluding carboxylic acids is 1. The highest BCUT2D eigenvalue weighted by Gasteiger charge is 2.14. The molecule has 0 aliphatic carbocycles. The van der Waals surface area contributed by atoms with E-state index < -0.39 is 5.54 Å². The molecule has 0 aromatic heterocycles. The van der Waals surface area contributed by atoms with E-state index in [-0.39, 0.29) is 5.91 Å². The minimum absolute atomic E-state index is 0.108. The number of aryl methyl sites for hydroxylation is 1. The van der Waals surface area contributed by atoms with Gasteiger partial charge in [-0.25, -0.2) is 0 Å². The fraction of sp³-hybridized carbons (Fsp3) is 0.462. The molecule has 3 N–H and O–H groups in total. The molecule has 0 aliphatic heterocycles. The topological polar surface area (TPSA) is 64.3 Å². The number of hydrogen-bond donors (Lipinski definition) is 2. The molecule has 0 radical (unpaired) electrons. The molecule has 17 heavy (non-hydrogen) atoms. The molecule has 0 heterocycles. The molecule has 94 valence electrons. The number of benzene rings is 1. The van der Waals surface area contributed by atoms with Gasteiger partial charge in [-0.15, -0.1) is 0 Å². The van der Waals surface area contributed by atoms with Crippen LogP contribution in [0.25, 0.3) is 0 Å². The van der Waals surface area contributed by atoms with Gasteiger partial charge in [-0.2, -0.15) is 0 Å². The smallest absolute Gasteiger partial charge is 0.251 e. The fourth-order valence-electron chi connectivity index (χ4n) is 1.42. The Morgan fingerprint density at radius 3 is 2.59 bits per heavy atom. The molecule has 0 saturated carbocycles. The first-order chi connectivity index (χ1) is 7.83. The number of amides is 1. The Balaban J connectivity index is 2.76. The van der Waals surface area contributed by atoms with Gasteiger partial charge in [0.2, 0.25) is 0 Å². The standard InChI is InChI=1S/C13H20N2O2/c1-9-7-10(17-4)5-6-11(9)12(16)15-8-13(2,3)14/h5-7H,8,14H2,1-4H3,(H,15,16). The summed E-state index contributed by atoms with van der Waals surface area (Å²) in [6.07, 6.45) is 0. The van der Waals surface area contributed by atoms with E-state index in [1.165, 1.54) is 0 Å². The van der Waals surface area contributed by atoms with Crippen molar-refractivity contribution in [1.29, 1.82) is 0 Å². The summed E-state index contributed by atoms with van der Waals surface area (Å²) in [6.45, 7) is 6.06. The van der Waals surface area contributed by atoms with E-state index in [4.69, 9.17) is 10.5 Å². The van der Waals surface area contributed by atoms with Crippen molar-refractivity contribution in [3.05, 3.63) is 29.3 Å². The highest BCUT2D eigenvalue weighted by atomic mass is 16.5. The second kappa shape index (κ2) is 5.19. The lowest BCUT2D eigenvalue weighted by molar-refractivity contribution is 0.0945. The van der Waals surface area contributed by atoms with Gasteiger partial charge in [0.1, 0.15) is 5.75 Å². The zero-order valence-corrected chi connectivity index (χ0v) is 10.8. The minimum Gasteiger partial charge on any atom is -0.497 e. The molecule has 4 nitrogen and oxygen atoms in total. The SMILES string of the molecule is COc1ccc(C(=O)NCC(C)(C)N)c(C)c1. The van der Waals surface area contributed by atoms with E-state index >= 15 is 0 Å². The molecule has 1 aromatic carbocycles. The van der Waals surface area contributed by atoms with Gasteiger partial charge in [-0.3, -0.25) is 4.79 Å². The van der Waals surface area contributed by atoms with Gasteiger partial charge in [0.15, 0.2) is 0 Å². The first kappa shape index (κ1) is 13.5. The normalized spacial score (nSPS) is 11.1. The van der Waals surface area contributed by atoms with Crippen molar-refractivity contribution in [2.45, 2.75) is 26.3 Å². The molecule has 0 saturated heterocycles. The van der Waals surface area contributed by atoms with Crippen molar-refractivity contribution >= 4 is 5.91 Å². The van der Waals surface area contributed by atoms with Crippen LogP contribution in [0.3, 0.4) is 0 Å². The van der Waals surface area contributed by atoms with E-state index in [0.717, 1.165) is 11.3 Å². The molecule has 0 atom stereocenters. The number of rotatable bonds is 4. The largest absolute Gasteiger partial charge is 0.497 e. The molecule has 0 aliphatic rings. The van der Waals surface area contributed by atoms with Crippen molar-refractivity contribution in [2.75, 3.05) is 13.7 Å². The average molecular weight is 236 g/mol. The third kappa shape index (κ3) is 4.07. The summed E-state index contributed by atoms with van der Waals surface area (Å²) in [6, 6.07) is 5.37. The lowest BCUT2D eigenvalue weighted by atomic mass is 10.1. The predicted octanol–water partition coefficient (Wildman–Crippen LogP) is 1.47. The Bertz CT molecular complexity index is 408. The minimum atomic E-state index is -0.407. The predicted molar refractivity (Wildman–Crippen MR) is 68.3 cm³/mol. The highest BCUT2D eigenvalue weighted by molar-refractivity contribution is 5.95. The van der Waals surface area contributed by atoms with Gasteiger partial charge in [-0.05, 0) is 44.5 Å².